The lowest BCUT2D eigenvalue weighted by Crippen LogP contribution is -2.04. The molecule has 0 aliphatic carbocycles. The molecule has 0 aromatic heterocycles. The number of ether oxygens (including phenoxy) is 1. The van der Waals surface area contributed by atoms with Crippen molar-refractivity contribution in [2.45, 2.75) is 26.8 Å². The molecule has 2 nitrogen and oxygen atoms in total. The van der Waals surface area contributed by atoms with Crippen molar-refractivity contribution in [1.82, 2.24) is 0 Å². The summed E-state index contributed by atoms with van der Waals surface area (Å²) >= 11 is 7.09. The third-order valence-corrected chi connectivity index (χ3v) is 4.65. The van der Waals surface area contributed by atoms with Crippen molar-refractivity contribution in [3.8, 4) is 5.75 Å². The molecule has 2 aromatic carbocycles. The Hall–Kier alpha value is -1.000. The van der Waals surface area contributed by atoms with Gasteiger partial charge in [0, 0.05) is 12.2 Å². The second kappa shape index (κ2) is 7.32. The van der Waals surface area contributed by atoms with Crippen molar-refractivity contribution in [2.75, 3.05) is 12.4 Å². The first-order valence-corrected chi connectivity index (χ1v) is 8.49. The van der Waals surface area contributed by atoms with Crippen LogP contribution in [0.1, 0.15) is 23.6 Å². The summed E-state index contributed by atoms with van der Waals surface area (Å²) in [5.41, 5.74) is 5.06. The fraction of sp³-hybridized carbons (Fsp3) is 0.294. The van der Waals surface area contributed by atoms with Crippen molar-refractivity contribution in [2.24, 2.45) is 0 Å². The predicted octanol–water partition coefficient (Wildman–Crippen LogP) is 5.70. The van der Waals surface area contributed by atoms with E-state index in [4.69, 9.17) is 4.74 Å². The van der Waals surface area contributed by atoms with Gasteiger partial charge >= 0.3 is 0 Å². The molecule has 0 saturated heterocycles. The highest BCUT2D eigenvalue weighted by molar-refractivity contribution is 9.11. The molecule has 0 bridgehead atoms. The SMILES string of the molecule is CCc1cccc(C)c1NCc1cc(Br)c(OC)c(Br)c1. The van der Waals surface area contributed by atoms with Crippen molar-refractivity contribution in [3.05, 3.63) is 56.0 Å². The molecule has 1 N–H and O–H groups in total. The predicted molar refractivity (Wildman–Crippen MR) is 96.3 cm³/mol. The van der Waals surface area contributed by atoms with Crippen molar-refractivity contribution in [1.29, 1.82) is 0 Å². The van der Waals surface area contributed by atoms with Gasteiger partial charge < -0.3 is 10.1 Å². The van der Waals surface area contributed by atoms with Crippen molar-refractivity contribution >= 4 is 37.5 Å². The molecule has 0 amide bonds. The summed E-state index contributed by atoms with van der Waals surface area (Å²) in [6, 6.07) is 10.6. The summed E-state index contributed by atoms with van der Waals surface area (Å²) in [6.07, 6.45) is 1.03. The van der Waals surface area contributed by atoms with Gasteiger partial charge in [-0.05, 0) is 74.0 Å². The highest BCUT2D eigenvalue weighted by Crippen LogP contribution is 2.34. The molecular formula is C17H19Br2NO. The summed E-state index contributed by atoms with van der Waals surface area (Å²) < 4.78 is 7.25. The molecule has 112 valence electrons. The zero-order valence-electron chi connectivity index (χ0n) is 12.5. The van der Waals surface area contributed by atoms with E-state index < -0.39 is 0 Å². The van der Waals surface area contributed by atoms with Crippen molar-refractivity contribution in [3.63, 3.8) is 0 Å². The van der Waals surface area contributed by atoms with Gasteiger partial charge in [0.25, 0.3) is 0 Å². The van der Waals surface area contributed by atoms with E-state index in [1.165, 1.54) is 22.4 Å². The molecule has 0 spiro atoms. The summed E-state index contributed by atoms with van der Waals surface area (Å²) in [6.45, 7) is 5.10. The Kier molecular flexibility index (Phi) is 5.71. The lowest BCUT2D eigenvalue weighted by atomic mass is 10.1. The Morgan fingerprint density at radius 2 is 1.81 bits per heavy atom. The molecule has 0 unspecified atom stereocenters. The lowest BCUT2D eigenvalue weighted by Gasteiger charge is -2.15. The monoisotopic (exact) mass is 411 g/mol. The number of hydrogen-bond acceptors (Lipinski definition) is 2. The molecule has 0 atom stereocenters. The van der Waals surface area contributed by atoms with Gasteiger partial charge in [0.05, 0.1) is 16.1 Å². The molecule has 0 heterocycles. The van der Waals surface area contributed by atoms with Gasteiger partial charge in [-0.15, -0.1) is 0 Å². The fourth-order valence-electron chi connectivity index (χ4n) is 2.38. The van der Waals surface area contributed by atoms with Crippen LogP contribution in [0.4, 0.5) is 5.69 Å². The summed E-state index contributed by atoms with van der Waals surface area (Å²) in [4.78, 5) is 0. The number of aryl methyl sites for hydroxylation is 2. The topological polar surface area (TPSA) is 21.3 Å². The third kappa shape index (κ3) is 3.80. The molecule has 21 heavy (non-hydrogen) atoms. The van der Waals surface area contributed by atoms with E-state index in [1.54, 1.807) is 7.11 Å². The van der Waals surface area contributed by atoms with Crippen molar-refractivity contribution < 1.29 is 4.74 Å². The maximum absolute atomic E-state index is 5.33. The van der Waals surface area contributed by atoms with Crippen LogP contribution in [0.15, 0.2) is 39.3 Å². The first kappa shape index (κ1) is 16.4. The Balaban J connectivity index is 2.21. The number of para-hydroxylation sites is 1. The summed E-state index contributed by atoms with van der Waals surface area (Å²) in [7, 11) is 1.67. The zero-order chi connectivity index (χ0) is 15.4. The van der Waals surface area contributed by atoms with Crippen LogP contribution in [-0.2, 0) is 13.0 Å². The molecule has 0 saturated carbocycles. The van der Waals surface area contributed by atoms with Gasteiger partial charge in [0.2, 0.25) is 0 Å². The fourth-order valence-corrected chi connectivity index (χ4v) is 3.98. The van der Waals surface area contributed by atoms with Crippen LogP contribution >= 0.6 is 31.9 Å². The van der Waals surface area contributed by atoms with E-state index >= 15 is 0 Å². The number of nitrogens with one attached hydrogen (secondary N) is 1. The Bertz CT molecular complexity index is 618. The molecule has 0 aliphatic rings. The minimum absolute atomic E-state index is 0.777. The number of halogens is 2. The molecule has 0 fully saturated rings. The van der Waals surface area contributed by atoms with Crippen LogP contribution in [0.5, 0.6) is 5.75 Å². The number of hydrogen-bond donors (Lipinski definition) is 1. The van der Waals surface area contributed by atoms with E-state index in [9.17, 15) is 0 Å². The van der Waals surface area contributed by atoms with Crippen LogP contribution in [0.3, 0.4) is 0 Å². The van der Waals surface area contributed by atoms with E-state index in [2.05, 4.69) is 81.4 Å². The standard InChI is InChI=1S/C17H19Br2NO/c1-4-13-7-5-6-11(2)16(13)20-10-12-8-14(18)17(21-3)15(19)9-12/h5-9,20H,4,10H2,1-3H3. The molecule has 0 aliphatic heterocycles. The quantitative estimate of drug-likeness (QED) is 0.679. The highest BCUT2D eigenvalue weighted by atomic mass is 79.9. The highest BCUT2D eigenvalue weighted by Gasteiger charge is 2.09. The van der Waals surface area contributed by atoms with E-state index in [-0.39, 0.29) is 0 Å². The molecule has 4 heteroatoms. The van der Waals surface area contributed by atoms with E-state index in [1.807, 2.05) is 0 Å². The zero-order valence-corrected chi connectivity index (χ0v) is 15.6. The second-order valence-corrected chi connectivity index (χ2v) is 6.62. The first-order valence-electron chi connectivity index (χ1n) is 6.91. The van der Waals surface area contributed by atoms with Gasteiger partial charge in [-0.25, -0.2) is 0 Å². The molecule has 2 aromatic rings. The van der Waals surface area contributed by atoms with E-state index in [0.29, 0.717) is 0 Å². The Morgan fingerprint density at radius 1 is 1.14 bits per heavy atom. The molecule has 0 radical (unpaired) electrons. The van der Waals surface area contributed by atoms with Gasteiger partial charge in [0.1, 0.15) is 5.75 Å². The van der Waals surface area contributed by atoms with Crippen LogP contribution in [-0.4, -0.2) is 7.11 Å². The Labute approximate surface area is 143 Å². The molecular weight excluding hydrogens is 394 g/mol. The van der Waals surface area contributed by atoms with Crippen LogP contribution in [0.2, 0.25) is 0 Å². The van der Waals surface area contributed by atoms with Crippen LogP contribution < -0.4 is 10.1 Å². The smallest absolute Gasteiger partial charge is 0.147 e. The third-order valence-electron chi connectivity index (χ3n) is 3.47. The minimum atomic E-state index is 0.777. The van der Waals surface area contributed by atoms with Gasteiger partial charge in [-0.3, -0.25) is 0 Å². The summed E-state index contributed by atoms with van der Waals surface area (Å²) in [5.74, 6) is 0.823. The second-order valence-electron chi connectivity index (χ2n) is 4.91. The largest absolute Gasteiger partial charge is 0.494 e. The average molecular weight is 413 g/mol. The van der Waals surface area contributed by atoms with Crippen LogP contribution in [0, 0.1) is 6.92 Å². The van der Waals surface area contributed by atoms with Gasteiger partial charge in [-0.1, -0.05) is 25.1 Å². The summed E-state index contributed by atoms with van der Waals surface area (Å²) in [5, 5.41) is 3.56. The van der Waals surface area contributed by atoms with Gasteiger partial charge in [0.15, 0.2) is 0 Å². The number of benzene rings is 2. The minimum Gasteiger partial charge on any atom is -0.494 e. The number of rotatable bonds is 5. The van der Waals surface area contributed by atoms with E-state index in [0.717, 1.165) is 27.7 Å². The van der Waals surface area contributed by atoms with Crippen LogP contribution in [0.25, 0.3) is 0 Å². The maximum Gasteiger partial charge on any atom is 0.147 e. The normalized spacial score (nSPS) is 10.5. The number of methoxy groups -OCH3 is 1. The average Bonchev–Trinajstić information content (AvgIpc) is 2.45. The number of anilines is 1. The molecule has 2 rings (SSSR count). The lowest BCUT2D eigenvalue weighted by molar-refractivity contribution is 0.409. The Morgan fingerprint density at radius 3 is 2.38 bits per heavy atom. The maximum atomic E-state index is 5.33. The van der Waals surface area contributed by atoms with Gasteiger partial charge in [-0.2, -0.15) is 0 Å². The first-order chi connectivity index (χ1) is 10.1.